The molecule has 38 heavy (non-hydrogen) atoms. The molecule has 2 aromatic heterocycles. The maximum atomic E-state index is 15.2. The Bertz CT molecular complexity index is 1530. The lowest BCUT2D eigenvalue weighted by Gasteiger charge is -2.31. The zero-order chi connectivity index (χ0) is 27.0. The van der Waals surface area contributed by atoms with Gasteiger partial charge in [-0.15, -0.1) is 0 Å². The van der Waals surface area contributed by atoms with Gasteiger partial charge >= 0.3 is 0 Å². The maximum Gasteiger partial charge on any atom is 0.272 e. The number of ether oxygens (including phenoxy) is 1. The van der Waals surface area contributed by atoms with E-state index in [9.17, 15) is 9.59 Å². The maximum absolute atomic E-state index is 15.2. The number of nitrogens with zero attached hydrogens (tertiary/aromatic N) is 5. The van der Waals surface area contributed by atoms with Crippen molar-refractivity contribution in [1.82, 2.24) is 24.8 Å². The Hall–Kier alpha value is -4.05. The predicted molar refractivity (Wildman–Crippen MR) is 142 cm³/mol. The second-order valence-corrected chi connectivity index (χ2v) is 9.86. The lowest BCUT2D eigenvalue weighted by Crippen LogP contribution is -2.46. The van der Waals surface area contributed by atoms with Crippen molar-refractivity contribution >= 4 is 39.4 Å². The molecular weight excluding hydrogens is 487 g/mol. The van der Waals surface area contributed by atoms with Crippen LogP contribution in [0.5, 0.6) is 0 Å². The largest absolute Gasteiger partial charge is 0.383 e. The van der Waals surface area contributed by atoms with Crippen LogP contribution >= 0.6 is 0 Å². The molecule has 10 heteroatoms. The van der Waals surface area contributed by atoms with Crippen LogP contribution in [0.1, 0.15) is 41.3 Å². The van der Waals surface area contributed by atoms with Crippen LogP contribution in [0.3, 0.4) is 0 Å². The molecule has 4 aromatic rings. The van der Waals surface area contributed by atoms with Crippen molar-refractivity contribution in [2.45, 2.75) is 32.7 Å². The minimum Gasteiger partial charge on any atom is -0.383 e. The summed E-state index contributed by atoms with van der Waals surface area (Å²) in [6.45, 7) is 2.81. The fourth-order valence-electron chi connectivity index (χ4n) is 4.94. The van der Waals surface area contributed by atoms with E-state index in [1.807, 2.05) is 6.07 Å². The molecule has 198 valence electrons. The van der Waals surface area contributed by atoms with E-state index in [-0.39, 0.29) is 12.5 Å². The van der Waals surface area contributed by atoms with Crippen LogP contribution in [0.2, 0.25) is 0 Å². The second kappa shape index (κ2) is 10.4. The minimum atomic E-state index is -0.443. The average molecular weight is 519 g/mol. The molecule has 0 saturated carbocycles. The summed E-state index contributed by atoms with van der Waals surface area (Å²) in [6.07, 6.45) is 4.39. The summed E-state index contributed by atoms with van der Waals surface area (Å²) >= 11 is 0. The fraction of sp³-hybridized carbons (Fsp3) is 0.357. The third-order valence-corrected chi connectivity index (χ3v) is 7.31. The van der Waals surface area contributed by atoms with Crippen LogP contribution in [0.4, 0.5) is 10.2 Å². The van der Waals surface area contributed by atoms with E-state index >= 15 is 4.39 Å². The van der Waals surface area contributed by atoms with Gasteiger partial charge in [-0.25, -0.2) is 14.4 Å². The Labute approximate surface area is 219 Å². The molecule has 2 amide bonds. The first-order chi connectivity index (χ1) is 18.2. The van der Waals surface area contributed by atoms with Crippen LogP contribution in [-0.4, -0.2) is 56.9 Å². The third-order valence-electron chi connectivity index (χ3n) is 7.31. The zero-order valence-corrected chi connectivity index (χ0v) is 21.8. The number of fused-ring (bicyclic) bond motifs is 3. The summed E-state index contributed by atoms with van der Waals surface area (Å²) in [5.41, 5.74) is 9.01. The molecule has 1 unspecified atom stereocenters. The molecule has 1 aliphatic rings. The molecule has 1 saturated heterocycles. The molecule has 3 heterocycles. The van der Waals surface area contributed by atoms with Crippen LogP contribution in [-0.2, 0) is 29.5 Å². The highest BCUT2D eigenvalue weighted by Gasteiger charge is 2.25. The van der Waals surface area contributed by atoms with Crippen molar-refractivity contribution in [2.24, 2.45) is 13.0 Å². The minimum absolute atomic E-state index is 0.101. The number of anilines is 1. The van der Waals surface area contributed by atoms with Crippen molar-refractivity contribution < 1.29 is 18.7 Å². The summed E-state index contributed by atoms with van der Waals surface area (Å²) in [7, 11) is 3.29. The van der Waals surface area contributed by atoms with E-state index < -0.39 is 11.7 Å². The third kappa shape index (κ3) is 4.91. The summed E-state index contributed by atoms with van der Waals surface area (Å²) in [5, 5.41) is 8.13. The Morgan fingerprint density at radius 1 is 1.21 bits per heavy atom. The number of benzene rings is 2. The molecule has 9 nitrogen and oxygen atoms in total. The second-order valence-electron chi connectivity index (χ2n) is 9.86. The predicted octanol–water partition coefficient (Wildman–Crippen LogP) is 3.85. The Kier molecular flexibility index (Phi) is 6.98. The summed E-state index contributed by atoms with van der Waals surface area (Å²) in [4.78, 5) is 30.4. The quantitative estimate of drug-likeness (QED) is 0.389. The number of aryl methyl sites for hydroxylation is 2. The van der Waals surface area contributed by atoms with E-state index in [1.54, 1.807) is 42.2 Å². The van der Waals surface area contributed by atoms with E-state index in [0.717, 1.165) is 43.6 Å². The Balaban J connectivity index is 1.44. The van der Waals surface area contributed by atoms with Crippen LogP contribution < -0.4 is 5.73 Å². The molecule has 1 atom stereocenters. The first-order valence-corrected chi connectivity index (χ1v) is 12.6. The van der Waals surface area contributed by atoms with Gasteiger partial charge < -0.3 is 10.5 Å². The highest BCUT2D eigenvalue weighted by Crippen LogP contribution is 2.29. The van der Waals surface area contributed by atoms with E-state index in [0.29, 0.717) is 39.2 Å². The molecule has 0 spiro atoms. The number of amides is 2. The van der Waals surface area contributed by atoms with Gasteiger partial charge in [-0.3, -0.25) is 19.3 Å². The Morgan fingerprint density at radius 3 is 2.74 bits per heavy atom. The summed E-state index contributed by atoms with van der Waals surface area (Å²) < 4.78 is 22.3. The highest BCUT2D eigenvalue weighted by molar-refractivity contribution is 6.10. The highest BCUT2D eigenvalue weighted by atomic mass is 19.1. The number of hydrogen-bond donors (Lipinski definition) is 1. The monoisotopic (exact) mass is 518 g/mol. The van der Waals surface area contributed by atoms with Gasteiger partial charge in [0.05, 0.1) is 29.2 Å². The standard InChI is InChI=1S/C28H31FN6O3/c1-17(36)34(3)35(15-21-7-6-18(12-24(21)29)4-5-19-10-11-38-16-19)28(37)20-8-9-25-22(13-20)26-23(27(30)32-25)14-31-33(26)2/h6-9,12-14,19H,4-5,10-11,15-16H2,1-3H3,(H2,30,32). The van der Waals surface area contributed by atoms with Crippen LogP contribution in [0, 0.1) is 11.7 Å². The SMILES string of the molecule is CC(=O)N(C)N(Cc1ccc(CCC2CCOC2)cc1F)C(=O)c1ccc2nc(N)c3cnn(C)c3c2c1. The molecule has 5 rings (SSSR count). The number of pyridine rings is 1. The van der Waals surface area contributed by atoms with Crippen LogP contribution in [0.15, 0.2) is 42.6 Å². The molecule has 1 aliphatic heterocycles. The number of rotatable bonds is 6. The van der Waals surface area contributed by atoms with Gasteiger partial charge in [-0.2, -0.15) is 5.10 Å². The summed E-state index contributed by atoms with van der Waals surface area (Å²) in [5.74, 6) is -0.334. The van der Waals surface area contributed by atoms with Crippen molar-refractivity contribution in [3.63, 3.8) is 0 Å². The first-order valence-electron chi connectivity index (χ1n) is 12.6. The smallest absolute Gasteiger partial charge is 0.272 e. The zero-order valence-electron chi connectivity index (χ0n) is 21.8. The Morgan fingerprint density at radius 2 is 2.03 bits per heavy atom. The topological polar surface area (TPSA) is 107 Å². The van der Waals surface area contributed by atoms with Crippen molar-refractivity contribution in [2.75, 3.05) is 26.0 Å². The number of hydrogen-bond acceptors (Lipinski definition) is 6. The van der Waals surface area contributed by atoms with Gasteiger partial charge in [0.15, 0.2) is 0 Å². The molecule has 0 radical (unpaired) electrons. The normalized spacial score (nSPS) is 15.3. The van der Waals surface area contributed by atoms with Crippen molar-refractivity contribution in [1.29, 1.82) is 0 Å². The van der Waals surface area contributed by atoms with Crippen molar-refractivity contribution in [3.05, 3.63) is 65.1 Å². The van der Waals surface area contributed by atoms with Gasteiger partial charge in [0.2, 0.25) is 5.91 Å². The first kappa shape index (κ1) is 25.6. The average Bonchev–Trinajstić information content (AvgIpc) is 3.56. The summed E-state index contributed by atoms with van der Waals surface area (Å²) in [6, 6.07) is 10.1. The van der Waals surface area contributed by atoms with Gasteiger partial charge in [-0.1, -0.05) is 12.1 Å². The number of nitrogen functional groups attached to an aromatic ring is 1. The van der Waals surface area contributed by atoms with Crippen LogP contribution in [0.25, 0.3) is 21.8 Å². The molecule has 2 aromatic carbocycles. The number of aromatic nitrogens is 3. The molecule has 1 fully saturated rings. The fourth-order valence-corrected chi connectivity index (χ4v) is 4.94. The van der Waals surface area contributed by atoms with Gasteiger partial charge in [-0.05, 0) is 55.0 Å². The molecule has 0 aliphatic carbocycles. The van der Waals surface area contributed by atoms with Crippen molar-refractivity contribution in [3.8, 4) is 0 Å². The number of carbonyl (C=O) groups is 2. The molecule has 2 N–H and O–H groups in total. The number of nitrogens with two attached hydrogens (primary N) is 1. The van der Waals surface area contributed by atoms with E-state index in [4.69, 9.17) is 10.5 Å². The number of hydrazine groups is 1. The lowest BCUT2D eigenvalue weighted by molar-refractivity contribution is -0.140. The van der Waals surface area contributed by atoms with E-state index in [1.165, 1.54) is 30.1 Å². The molecule has 0 bridgehead atoms. The number of carbonyl (C=O) groups excluding carboxylic acids is 2. The van der Waals surface area contributed by atoms with Gasteiger partial charge in [0, 0.05) is 50.7 Å². The van der Waals surface area contributed by atoms with E-state index in [2.05, 4.69) is 10.1 Å². The lowest BCUT2D eigenvalue weighted by atomic mass is 9.98. The number of halogens is 1. The van der Waals surface area contributed by atoms with Gasteiger partial charge in [0.25, 0.3) is 5.91 Å². The van der Waals surface area contributed by atoms with Gasteiger partial charge in [0.1, 0.15) is 11.6 Å². The molecular formula is C28H31FN6O3.